The Morgan fingerprint density at radius 3 is 3.00 bits per heavy atom. The van der Waals surface area contributed by atoms with Crippen LogP contribution in [0.3, 0.4) is 0 Å². The average molecular weight is 316 g/mol. The van der Waals surface area contributed by atoms with E-state index in [4.69, 9.17) is 9.72 Å². The minimum absolute atomic E-state index is 0.163. The van der Waals surface area contributed by atoms with Gasteiger partial charge < -0.3 is 4.74 Å². The summed E-state index contributed by atoms with van der Waals surface area (Å²) in [5.41, 5.74) is 2.20. The maximum atomic E-state index is 12.7. The highest BCUT2D eigenvalue weighted by Crippen LogP contribution is 2.36. The van der Waals surface area contributed by atoms with E-state index in [0.717, 1.165) is 47.6 Å². The van der Waals surface area contributed by atoms with Crippen molar-refractivity contribution in [2.45, 2.75) is 38.7 Å². The molecule has 0 unspecified atom stereocenters. The number of hydrogen-bond acceptors (Lipinski definition) is 4. The molecule has 2 aliphatic rings. The third kappa shape index (κ3) is 2.75. The lowest BCUT2D eigenvalue weighted by Gasteiger charge is -2.22. The first-order valence-corrected chi connectivity index (χ1v) is 8.82. The second kappa shape index (κ2) is 5.63. The molecule has 2 fully saturated rings. The molecule has 2 aromatic rings. The number of aryl methyl sites for hydroxylation is 1. The fraction of sp³-hybridized carbons (Fsp3) is 0.529. The number of ether oxygens (including phenoxy) is 1. The van der Waals surface area contributed by atoms with Gasteiger partial charge in [0.05, 0.1) is 22.9 Å². The number of carbonyl (C=O) groups is 1. The van der Waals surface area contributed by atoms with Crippen molar-refractivity contribution in [2.75, 3.05) is 18.1 Å². The molecule has 0 bridgehead atoms. The molecule has 1 atom stereocenters. The van der Waals surface area contributed by atoms with Crippen molar-refractivity contribution in [3.63, 3.8) is 0 Å². The summed E-state index contributed by atoms with van der Waals surface area (Å²) in [7, 11) is 0. The Kier molecular flexibility index (Phi) is 3.62. The summed E-state index contributed by atoms with van der Waals surface area (Å²) in [4.78, 5) is 19.3. The monoisotopic (exact) mass is 316 g/mol. The zero-order valence-electron chi connectivity index (χ0n) is 12.7. The summed E-state index contributed by atoms with van der Waals surface area (Å²) >= 11 is 1.61. The Bertz CT molecular complexity index is 702. The van der Waals surface area contributed by atoms with E-state index < -0.39 is 0 Å². The van der Waals surface area contributed by atoms with Crippen LogP contribution in [0, 0.1) is 12.8 Å². The highest BCUT2D eigenvalue weighted by molar-refractivity contribution is 7.22. The van der Waals surface area contributed by atoms with Gasteiger partial charge in [0.15, 0.2) is 5.13 Å². The van der Waals surface area contributed by atoms with Gasteiger partial charge in [0, 0.05) is 12.5 Å². The van der Waals surface area contributed by atoms with Gasteiger partial charge in [-0.2, -0.15) is 0 Å². The number of aromatic nitrogens is 1. The molecule has 0 radical (unpaired) electrons. The zero-order chi connectivity index (χ0) is 15.1. The van der Waals surface area contributed by atoms with Gasteiger partial charge in [0.25, 0.3) is 0 Å². The molecule has 1 aromatic carbocycles. The molecule has 1 saturated carbocycles. The number of amides is 1. The molecule has 1 saturated heterocycles. The third-order valence-corrected chi connectivity index (χ3v) is 5.41. The summed E-state index contributed by atoms with van der Waals surface area (Å²) in [6.07, 6.45) is 4.33. The van der Waals surface area contributed by atoms with Gasteiger partial charge >= 0.3 is 0 Å². The first kappa shape index (κ1) is 14.2. The van der Waals surface area contributed by atoms with Gasteiger partial charge in [0.2, 0.25) is 5.91 Å². The molecule has 4 nitrogen and oxygen atoms in total. The quantitative estimate of drug-likeness (QED) is 0.866. The van der Waals surface area contributed by atoms with Crippen LogP contribution in [0.15, 0.2) is 18.2 Å². The van der Waals surface area contributed by atoms with Gasteiger partial charge in [-0.25, -0.2) is 4.98 Å². The minimum atomic E-state index is 0.163. The summed E-state index contributed by atoms with van der Waals surface area (Å²) in [5.74, 6) is 0.432. The SMILES string of the molecule is Cc1ccc2nc(N(C[C@@H]3CCCO3)C(=O)C3CC3)sc2c1. The number of thiazole rings is 1. The fourth-order valence-electron chi connectivity index (χ4n) is 2.94. The van der Waals surface area contributed by atoms with E-state index >= 15 is 0 Å². The molecule has 116 valence electrons. The maximum absolute atomic E-state index is 12.7. The van der Waals surface area contributed by atoms with Crippen molar-refractivity contribution in [1.29, 1.82) is 0 Å². The van der Waals surface area contributed by atoms with Gasteiger partial charge in [-0.15, -0.1) is 0 Å². The summed E-state index contributed by atoms with van der Waals surface area (Å²) < 4.78 is 6.88. The van der Waals surface area contributed by atoms with Gasteiger partial charge in [0.1, 0.15) is 0 Å². The van der Waals surface area contributed by atoms with E-state index in [2.05, 4.69) is 19.1 Å². The molecule has 2 heterocycles. The number of rotatable bonds is 4. The van der Waals surface area contributed by atoms with Gasteiger partial charge in [-0.3, -0.25) is 9.69 Å². The number of carbonyl (C=O) groups excluding carboxylic acids is 1. The van der Waals surface area contributed by atoms with E-state index in [1.165, 1.54) is 5.56 Å². The minimum Gasteiger partial charge on any atom is -0.376 e. The largest absolute Gasteiger partial charge is 0.376 e. The zero-order valence-corrected chi connectivity index (χ0v) is 13.6. The molecule has 1 aliphatic carbocycles. The van der Waals surface area contributed by atoms with Crippen LogP contribution >= 0.6 is 11.3 Å². The normalized spacial score (nSPS) is 21.4. The van der Waals surface area contributed by atoms with E-state index in [1.54, 1.807) is 11.3 Å². The van der Waals surface area contributed by atoms with Crippen molar-refractivity contribution in [2.24, 2.45) is 5.92 Å². The van der Waals surface area contributed by atoms with Crippen molar-refractivity contribution < 1.29 is 9.53 Å². The molecule has 4 rings (SSSR count). The smallest absolute Gasteiger partial charge is 0.231 e. The van der Waals surface area contributed by atoms with Crippen molar-refractivity contribution in [3.8, 4) is 0 Å². The van der Waals surface area contributed by atoms with E-state index in [0.29, 0.717) is 6.54 Å². The van der Waals surface area contributed by atoms with Crippen LogP contribution in [0.1, 0.15) is 31.2 Å². The highest BCUT2D eigenvalue weighted by Gasteiger charge is 2.36. The molecule has 0 N–H and O–H groups in total. The van der Waals surface area contributed by atoms with Crippen LogP contribution < -0.4 is 4.90 Å². The highest BCUT2D eigenvalue weighted by atomic mass is 32.1. The second-order valence-electron chi connectivity index (χ2n) is 6.33. The van der Waals surface area contributed by atoms with E-state index in [-0.39, 0.29) is 17.9 Å². The van der Waals surface area contributed by atoms with Crippen molar-refractivity contribution >= 4 is 32.6 Å². The lowest BCUT2D eigenvalue weighted by Crippen LogP contribution is -2.38. The molecule has 1 amide bonds. The maximum Gasteiger partial charge on any atom is 0.231 e. The summed E-state index contributed by atoms with van der Waals surface area (Å²) in [6.45, 7) is 3.54. The fourth-order valence-corrected chi connectivity index (χ4v) is 4.02. The molecule has 5 heteroatoms. The summed E-state index contributed by atoms with van der Waals surface area (Å²) in [5, 5.41) is 0.827. The van der Waals surface area contributed by atoms with Crippen LogP contribution in [0.25, 0.3) is 10.2 Å². The first-order chi connectivity index (χ1) is 10.7. The number of fused-ring (bicyclic) bond motifs is 1. The Balaban J connectivity index is 1.65. The Morgan fingerprint density at radius 2 is 2.27 bits per heavy atom. The predicted molar refractivity (Wildman–Crippen MR) is 88.4 cm³/mol. The number of benzene rings is 1. The molecule has 22 heavy (non-hydrogen) atoms. The number of nitrogens with zero attached hydrogens (tertiary/aromatic N) is 2. The lowest BCUT2D eigenvalue weighted by atomic mass is 10.2. The topological polar surface area (TPSA) is 42.4 Å². The van der Waals surface area contributed by atoms with Crippen LogP contribution in [-0.4, -0.2) is 30.1 Å². The van der Waals surface area contributed by atoms with Crippen molar-refractivity contribution in [3.05, 3.63) is 23.8 Å². The number of anilines is 1. The van der Waals surface area contributed by atoms with Crippen LogP contribution in [-0.2, 0) is 9.53 Å². The van der Waals surface area contributed by atoms with E-state index in [9.17, 15) is 4.79 Å². The summed E-state index contributed by atoms with van der Waals surface area (Å²) in [6, 6.07) is 6.25. The lowest BCUT2D eigenvalue weighted by molar-refractivity contribution is -0.120. The Hall–Kier alpha value is -1.46. The van der Waals surface area contributed by atoms with E-state index in [1.807, 2.05) is 11.0 Å². The predicted octanol–water partition coefficient (Wildman–Crippen LogP) is 3.53. The molecule has 0 spiro atoms. The average Bonchev–Trinajstić information content (AvgIpc) is 3.07. The Morgan fingerprint density at radius 1 is 1.41 bits per heavy atom. The molecule has 1 aromatic heterocycles. The molecular weight excluding hydrogens is 296 g/mol. The van der Waals surface area contributed by atoms with Gasteiger partial charge in [-0.05, 0) is 50.3 Å². The van der Waals surface area contributed by atoms with Gasteiger partial charge in [-0.1, -0.05) is 17.4 Å². The van der Waals surface area contributed by atoms with Crippen LogP contribution in [0.2, 0.25) is 0 Å². The third-order valence-electron chi connectivity index (χ3n) is 4.37. The molecule has 1 aliphatic heterocycles. The molecular formula is C17H20N2O2S. The first-order valence-electron chi connectivity index (χ1n) is 8.01. The Labute approximate surface area is 134 Å². The number of hydrogen-bond donors (Lipinski definition) is 0. The van der Waals surface area contributed by atoms with Crippen LogP contribution in [0.4, 0.5) is 5.13 Å². The second-order valence-corrected chi connectivity index (χ2v) is 7.33. The van der Waals surface area contributed by atoms with Crippen LogP contribution in [0.5, 0.6) is 0 Å². The van der Waals surface area contributed by atoms with Crippen molar-refractivity contribution in [1.82, 2.24) is 4.98 Å². The standard InChI is InChI=1S/C17H20N2O2S/c1-11-4-7-14-15(9-11)22-17(18-14)19(16(20)12-5-6-12)10-13-3-2-8-21-13/h4,7,9,12-13H,2-3,5-6,8,10H2,1H3/t13-/m0/s1.